The van der Waals surface area contributed by atoms with Crippen molar-refractivity contribution in [2.75, 3.05) is 6.54 Å². The first kappa shape index (κ1) is 9.50. The van der Waals surface area contributed by atoms with E-state index in [0.717, 1.165) is 0 Å². The topological polar surface area (TPSA) is 64.9 Å². The van der Waals surface area contributed by atoms with Gasteiger partial charge in [-0.25, -0.2) is 4.79 Å². The second kappa shape index (κ2) is 6.62. The zero-order chi connectivity index (χ0) is 8.53. The lowest BCUT2D eigenvalue weighted by atomic mass is 10.5. The lowest BCUT2D eigenvalue weighted by Gasteiger charge is -1.99. The molecule has 0 aromatic rings. The molecule has 0 rings (SSSR count). The standard InChI is InChI=1S/C7H11N3O/c1-2-5-9-7(11)10-6-3-4-8/h2,5H,3,6H2,1H3,(H2,9,10,11)/b5-2+. The van der Waals surface area contributed by atoms with Gasteiger partial charge in [0.1, 0.15) is 0 Å². The quantitative estimate of drug-likeness (QED) is 0.587. The summed E-state index contributed by atoms with van der Waals surface area (Å²) >= 11 is 0. The van der Waals surface area contributed by atoms with Crippen LogP contribution in [0.15, 0.2) is 12.3 Å². The van der Waals surface area contributed by atoms with E-state index < -0.39 is 0 Å². The van der Waals surface area contributed by atoms with Gasteiger partial charge < -0.3 is 10.6 Å². The van der Waals surface area contributed by atoms with Crippen molar-refractivity contribution in [2.45, 2.75) is 13.3 Å². The molecule has 0 aliphatic heterocycles. The first-order valence-corrected chi connectivity index (χ1v) is 3.33. The van der Waals surface area contributed by atoms with Crippen molar-refractivity contribution in [1.82, 2.24) is 10.6 Å². The monoisotopic (exact) mass is 153 g/mol. The minimum atomic E-state index is -0.279. The SMILES string of the molecule is C/C=C/NC(=O)NCCC#N. The number of amides is 2. The molecule has 0 heterocycles. The van der Waals surface area contributed by atoms with Crippen molar-refractivity contribution in [3.8, 4) is 6.07 Å². The molecule has 2 amide bonds. The summed E-state index contributed by atoms with van der Waals surface area (Å²) in [5, 5.41) is 13.1. The number of hydrogen-bond acceptors (Lipinski definition) is 2. The Hall–Kier alpha value is -1.50. The van der Waals surface area contributed by atoms with E-state index in [1.807, 2.05) is 6.07 Å². The lowest BCUT2D eigenvalue weighted by molar-refractivity contribution is 0.244. The summed E-state index contributed by atoms with van der Waals surface area (Å²) in [7, 11) is 0. The van der Waals surface area contributed by atoms with Crippen molar-refractivity contribution in [3.05, 3.63) is 12.3 Å². The summed E-state index contributed by atoms with van der Waals surface area (Å²) in [4.78, 5) is 10.7. The zero-order valence-corrected chi connectivity index (χ0v) is 6.42. The van der Waals surface area contributed by atoms with Crippen LogP contribution in [-0.2, 0) is 0 Å². The molecule has 0 aliphatic carbocycles. The number of rotatable bonds is 3. The maximum absolute atomic E-state index is 10.7. The molecule has 0 aromatic heterocycles. The first-order chi connectivity index (χ1) is 5.31. The first-order valence-electron chi connectivity index (χ1n) is 3.33. The van der Waals surface area contributed by atoms with E-state index in [4.69, 9.17) is 5.26 Å². The van der Waals surface area contributed by atoms with Crippen molar-refractivity contribution in [1.29, 1.82) is 5.26 Å². The van der Waals surface area contributed by atoms with Crippen LogP contribution in [0.4, 0.5) is 4.79 Å². The molecule has 0 saturated heterocycles. The van der Waals surface area contributed by atoms with Crippen LogP contribution in [0.1, 0.15) is 13.3 Å². The van der Waals surface area contributed by atoms with Crippen LogP contribution in [0, 0.1) is 11.3 Å². The van der Waals surface area contributed by atoms with E-state index in [-0.39, 0.29) is 6.03 Å². The molecule has 0 saturated carbocycles. The highest BCUT2D eigenvalue weighted by atomic mass is 16.2. The predicted octanol–water partition coefficient (Wildman–Crippen LogP) is 0.733. The van der Waals surface area contributed by atoms with E-state index in [1.165, 1.54) is 6.20 Å². The van der Waals surface area contributed by atoms with Crippen LogP contribution in [0.25, 0.3) is 0 Å². The second-order valence-corrected chi connectivity index (χ2v) is 1.81. The molecular weight excluding hydrogens is 142 g/mol. The highest BCUT2D eigenvalue weighted by Crippen LogP contribution is 1.71. The minimum Gasteiger partial charge on any atom is -0.337 e. The highest BCUT2D eigenvalue weighted by Gasteiger charge is 1.92. The fraction of sp³-hybridized carbons (Fsp3) is 0.429. The smallest absolute Gasteiger partial charge is 0.318 e. The fourth-order valence-electron chi connectivity index (χ4n) is 0.442. The number of carbonyl (C=O) groups is 1. The summed E-state index contributed by atoms with van der Waals surface area (Å²) < 4.78 is 0. The lowest BCUT2D eigenvalue weighted by Crippen LogP contribution is -2.32. The number of carbonyl (C=O) groups excluding carboxylic acids is 1. The maximum Gasteiger partial charge on any atom is 0.318 e. The van der Waals surface area contributed by atoms with Crippen LogP contribution in [0.3, 0.4) is 0 Å². The van der Waals surface area contributed by atoms with Gasteiger partial charge in [0.15, 0.2) is 0 Å². The molecule has 60 valence electrons. The second-order valence-electron chi connectivity index (χ2n) is 1.81. The van der Waals surface area contributed by atoms with Gasteiger partial charge in [0.25, 0.3) is 0 Å². The third-order valence-corrected chi connectivity index (χ3v) is 0.903. The maximum atomic E-state index is 10.7. The molecule has 0 bridgehead atoms. The van der Waals surface area contributed by atoms with Crippen molar-refractivity contribution < 1.29 is 4.79 Å². The largest absolute Gasteiger partial charge is 0.337 e. The third kappa shape index (κ3) is 6.38. The molecule has 0 atom stereocenters. The average molecular weight is 153 g/mol. The Labute approximate surface area is 65.9 Å². The van der Waals surface area contributed by atoms with Gasteiger partial charge >= 0.3 is 6.03 Å². The Morgan fingerprint density at radius 3 is 3.00 bits per heavy atom. The van der Waals surface area contributed by atoms with Crippen molar-refractivity contribution >= 4 is 6.03 Å². The Bertz CT molecular complexity index is 181. The molecule has 0 radical (unpaired) electrons. The molecule has 11 heavy (non-hydrogen) atoms. The van der Waals surface area contributed by atoms with Gasteiger partial charge in [0, 0.05) is 12.7 Å². The van der Waals surface area contributed by atoms with Crippen LogP contribution < -0.4 is 10.6 Å². The van der Waals surface area contributed by atoms with Gasteiger partial charge in [-0.3, -0.25) is 0 Å². The van der Waals surface area contributed by atoms with E-state index >= 15 is 0 Å². The molecule has 0 aromatic carbocycles. The highest BCUT2D eigenvalue weighted by molar-refractivity contribution is 5.74. The molecule has 0 fully saturated rings. The molecule has 0 unspecified atom stereocenters. The number of hydrogen-bond donors (Lipinski definition) is 2. The Morgan fingerprint density at radius 1 is 1.73 bits per heavy atom. The van der Waals surface area contributed by atoms with Gasteiger partial charge in [0.2, 0.25) is 0 Å². The van der Waals surface area contributed by atoms with Gasteiger partial charge in [-0.05, 0) is 6.92 Å². The van der Waals surface area contributed by atoms with Crippen LogP contribution >= 0.6 is 0 Å². The molecular formula is C7H11N3O. The zero-order valence-electron chi connectivity index (χ0n) is 6.42. The third-order valence-electron chi connectivity index (χ3n) is 0.903. The summed E-state index contributed by atoms with van der Waals surface area (Å²) in [5.74, 6) is 0. The van der Waals surface area contributed by atoms with Crippen LogP contribution in [-0.4, -0.2) is 12.6 Å². The predicted molar refractivity (Wildman–Crippen MR) is 41.6 cm³/mol. The number of nitrogens with one attached hydrogen (secondary N) is 2. The number of nitriles is 1. The summed E-state index contributed by atoms with van der Waals surface area (Å²) in [6.07, 6.45) is 3.58. The van der Waals surface area contributed by atoms with Gasteiger partial charge in [-0.2, -0.15) is 5.26 Å². The number of allylic oxidation sites excluding steroid dienone is 1. The molecule has 2 N–H and O–H groups in total. The van der Waals surface area contributed by atoms with Crippen molar-refractivity contribution in [3.63, 3.8) is 0 Å². The van der Waals surface area contributed by atoms with Gasteiger partial charge in [-0.1, -0.05) is 6.08 Å². The summed E-state index contributed by atoms with van der Waals surface area (Å²) in [6, 6.07) is 1.64. The van der Waals surface area contributed by atoms with Gasteiger partial charge in [0.05, 0.1) is 12.5 Å². The molecule has 0 spiro atoms. The number of nitrogens with zero attached hydrogens (tertiary/aromatic N) is 1. The normalized spacial score (nSPS) is 9.09. The number of urea groups is 1. The van der Waals surface area contributed by atoms with Crippen LogP contribution in [0.5, 0.6) is 0 Å². The Balaban J connectivity index is 3.31. The minimum absolute atomic E-state index is 0.279. The van der Waals surface area contributed by atoms with Crippen LogP contribution in [0.2, 0.25) is 0 Å². The summed E-state index contributed by atoms with van der Waals surface area (Å²) in [6.45, 7) is 2.19. The van der Waals surface area contributed by atoms with E-state index in [9.17, 15) is 4.79 Å². The van der Waals surface area contributed by atoms with Gasteiger partial charge in [-0.15, -0.1) is 0 Å². The van der Waals surface area contributed by atoms with E-state index in [0.29, 0.717) is 13.0 Å². The average Bonchev–Trinajstić information content (AvgIpc) is 2.01. The summed E-state index contributed by atoms with van der Waals surface area (Å²) in [5.41, 5.74) is 0. The fourth-order valence-corrected chi connectivity index (χ4v) is 0.442. The Morgan fingerprint density at radius 2 is 2.45 bits per heavy atom. The van der Waals surface area contributed by atoms with Crippen molar-refractivity contribution in [2.24, 2.45) is 0 Å². The van der Waals surface area contributed by atoms with E-state index in [2.05, 4.69) is 10.6 Å². The molecule has 4 heteroatoms. The molecule has 0 aliphatic rings. The van der Waals surface area contributed by atoms with E-state index in [1.54, 1.807) is 13.0 Å². The Kier molecular flexibility index (Phi) is 5.72. The molecule has 4 nitrogen and oxygen atoms in total.